The quantitative estimate of drug-likeness (QED) is 0.156. The first-order valence-electron chi connectivity index (χ1n) is 8.72. The Labute approximate surface area is 169 Å². The molecule has 0 amide bonds. The van der Waals surface area contributed by atoms with Gasteiger partial charge in [-0.25, -0.2) is 8.42 Å². The van der Waals surface area contributed by atoms with Crippen molar-refractivity contribution in [3.05, 3.63) is 65.2 Å². The van der Waals surface area contributed by atoms with Crippen molar-refractivity contribution in [3.63, 3.8) is 0 Å². The lowest BCUT2D eigenvalue weighted by Crippen LogP contribution is -2.27. The van der Waals surface area contributed by atoms with E-state index in [-0.39, 0.29) is 11.3 Å². The monoisotopic (exact) mass is 436 g/mol. The molecule has 0 saturated heterocycles. The first-order chi connectivity index (χ1) is 13.6. The molecule has 0 radical (unpaired) electrons. The van der Waals surface area contributed by atoms with Crippen LogP contribution in [0.2, 0.25) is 0 Å². The Bertz CT molecular complexity index is 1160. The molecular formula is C19H20N2O6S2. The molecule has 29 heavy (non-hydrogen) atoms. The zero-order valence-electron chi connectivity index (χ0n) is 15.9. The number of Topliss-reactive ketones (excluding diaryl/α,β-unsaturated/α-hetero) is 1. The Morgan fingerprint density at radius 1 is 1.03 bits per heavy atom. The van der Waals surface area contributed by atoms with Crippen LogP contribution >= 0.6 is 0 Å². The fourth-order valence-corrected chi connectivity index (χ4v) is 4.90. The number of para-hydroxylation sites is 1. The van der Waals surface area contributed by atoms with Gasteiger partial charge in [-0.3, -0.25) is 4.79 Å². The van der Waals surface area contributed by atoms with Crippen molar-refractivity contribution >= 4 is 30.8 Å². The van der Waals surface area contributed by atoms with E-state index >= 15 is 0 Å². The van der Waals surface area contributed by atoms with Gasteiger partial charge in [0.15, 0.2) is 5.75 Å². The molecule has 0 aliphatic heterocycles. The van der Waals surface area contributed by atoms with Gasteiger partial charge in [0, 0.05) is 5.56 Å². The summed E-state index contributed by atoms with van der Waals surface area (Å²) in [5, 5.41) is -1.14. The topological polar surface area (TPSA) is 131 Å². The molecule has 0 aliphatic carbocycles. The second-order valence-electron chi connectivity index (χ2n) is 6.25. The number of sulfone groups is 1. The Morgan fingerprint density at radius 2 is 1.66 bits per heavy atom. The molecule has 0 atom stereocenters. The third kappa shape index (κ3) is 5.38. The summed E-state index contributed by atoms with van der Waals surface area (Å²) in [6.07, 6.45) is 0.946. The molecule has 0 unspecified atom stereocenters. The summed E-state index contributed by atoms with van der Waals surface area (Å²) in [6.45, 7) is 3.59. The molecule has 2 aromatic carbocycles. The molecule has 0 aromatic heterocycles. The van der Waals surface area contributed by atoms with Gasteiger partial charge in [0.05, 0.1) is 5.75 Å². The number of nitrogens with zero attached hydrogens (tertiary/aromatic N) is 2. The molecule has 0 aliphatic rings. The van der Waals surface area contributed by atoms with Crippen molar-refractivity contribution in [1.82, 2.24) is 0 Å². The lowest BCUT2D eigenvalue weighted by Gasteiger charge is -2.10. The van der Waals surface area contributed by atoms with Crippen LogP contribution in [-0.4, -0.2) is 38.2 Å². The van der Waals surface area contributed by atoms with Crippen LogP contribution in [-0.2, 0) is 20.0 Å². The maximum atomic E-state index is 13.0. The van der Waals surface area contributed by atoms with Gasteiger partial charge < -0.3 is 9.71 Å². The number of aryl methyl sites for hydroxylation is 1. The summed E-state index contributed by atoms with van der Waals surface area (Å²) in [6, 6.07) is 11.0. The molecule has 0 fully saturated rings. The van der Waals surface area contributed by atoms with Gasteiger partial charge in [0.25, 0.3) is 15.6 Å². The number of unbranched alkanes of at least 4 members (excludes halogenated alkanes) is 1. The molecule has 8 nitrogen and oxygen atoms in total. The van der Waals surface area contributed by atoms with Crippen molar-refractivity contribution in [2.45, 2.75) is 31.6 Å². The predicted octanol–water partition coefficient (Wildman–Crippen LogP) is 2.79. The minimum Gasteiger partial charge on any atom is -0.381 e. The predicted molar refractivity (Wildman–Crippen MR) is 107 cm³/mol. The van der Waals surface area contributed by atoms with E-state index in [0.29, 0.717) is 12.8 Å². The van der Waals surface area contributed by atoms with E-state index in [1.165, 1.54) is 24.3 Å². The van der Waals surface area contributed by atoms with E-state index in [4.69, 9.17) is 4.18 Å². The fraction of sp³-hybridized carbons (Fsp3) is 0.263. The zero-order valence-corrected chi connectivity index (χ0v) is 17.5. The van der Waals surface area contributed by atoms with E-state index in [1.807, 2.05) is 0 Å². The van der Waals surface area contributed by atoms with Crippen LogP contribution in [0.15, 0.2) is 53.4 Å². The van der Waals surface area contributed by atoms with Gasteiger partial charge in [-0.15, -0.1) is 4.79 Å². The van der Waals surface area contributed by atoms with Crippen LogP contribution in [0.5, 0.6) is 5.75 Å². The van der Waals surface area contributed by atoms with Crippen LogP contribution in [0.25, 0.3) is 5.53 Å². The fourth-order valence-electron chi connectivity index (χ4n) is 2.39. The maximum absolute atomic E-state index is 13.0. The lowest BCUT2D eigenvalue weighted by molar-refractivity contribution is -0.00159. The second kappa shape index (κ2) is 9.13. The third-order valence-corrected chi connectivity index (χ3v) is 6.87. The Hall–Kier alpha value is -2.81. The van der Waals surface area contributed by atoms with Crippen molar-refractivity contribution in [3.8, 4) is 5.75 Å². The highest BCUT2D eigenvalue weighted by atomic mass is 32.2. The Morgan fingerprint density at radius 3 is 2.24 bits per heavy atom. The summed E-state index contributed by atoms with van der Waals surface area (Å²) in [5.41, 5.74) is 10.1. The van der Waals surface area contributed by atoms with Crippen LogP contribution in [0.1, 0.15) is 35.7 Å². The number of rotatable bonds is 8. The molecular weight excluding hydrogens is 416 g/mol. The van der Waals surface area contributed by atoms with Crippen molar-refractivity contribution in [2.75, 3.05) is 5.75 Å². The first kappa shape index (κ1) is 22.5. The number of carbonyl (C=O) groups is 1. The molecule has 2 aromatic rings. The lowest BCUT2D eigenvalue weighted by atomic mass is 10.1. The normalized spacial score (nSPS) is 11.5. The van der Waals surface area contributed by atoms with E-state index < -0.39 is 41.4 Å². The average molecular weight is 437 g/mol. The summed E-state index contributed by atoms with van der Waals surface area (Å²) >= 11 is 0. The molecule has 0 spiro atoms. The number of carbonyl (C=O) groups excluding carboxylic acids is 1. The van der Waals surface area contributed by atoms with Gasteiger partial charge in [-0.1, -0.05) is 55.3 Å². The molecule has 0 saturated carbocycles. The SMILES string of the molecule is CCCCS(=O)(=O)Oc1ccccc1S(=O)(=O)C(=[N+]=[N-])C(=O)c1ccc(C)cc1. The van der Waals surface area contributed by atoms with Gasteiger partial charge in [-0.2, -0.15) is 8.42 Å². The standard InChI is InChI=1S/C19H20N2O6S2/c1-3-4-13-28(23,24)27-16-7-5-6-8-17(16)29(25,26)19(21-20)18(22)15-11-9-14(2)10-12-15/h5-12H,3-4,13H2,1-2H3. The van der Waals surface area contributed by atoms with Gasteiger partial charge in [-0.05, 0) is 25.5 Å². The number of ketones is 1. The number of hydrogen-bond acceptors (Lipinski definition) is 6. The molecule has 154 valence electrons. The van der Waals surface area contributed by atoms with Crippen LogP contribution in [0, 0.1) is 6.92 Å². The highest BCUT2D eigenvalue weighted by molar-refractivity contribution is 8.08. The minimum absolute atomic E-state index is 0.000872. The minimum atomic E-state index is -4.67. The summed E-state index contributed by atoms with van der Waals surface area (Å²) < 4.78 is 55.1. The maximum Gasteiger partial charge on any atom is 0.457 e. The van der Waals surface area contributed by atoms with Gasteiger partial charge in [0.1, 0.15) is 4.90 Å². The summed E-state index contributed by atoms with van der Waals surface area (Å²) in [4.78, 5) is 14.7. The van der Waals surface area contributed by atoms with E-state index in [0.717, 1.165) is 17.7 Å². The zero-order chi connectivity index (χ0) is 21.7. The highest BCUT2D eigenvalue weighted by Crippen LogP contribution is 2.27. The summed E-state index contributed by atoms with van der Waals surface area (Å²) in [5.74, 6) is -1.79. The van der Waals surface area contributed by atoms with E-state index in [2.05, 4.69) is 4.79 Å². The third-order valence-electron chi connectivity index (χ3n) is 3.96. The van der Waals surface area contributed by atoms with Crippen molar-refractivity contribution in [1.29, 1.82) is 0 Å². The number of hydrogen-bond donors (Lipinski definition) is 0. The molecule has 2 rings (SSSR count). The molecule has 10 heteroatoms. The summed E-state index contributed by atoms with van der Waals surface area (Å²) in [7, 11) is -8.71. The molecule has 0 bridgehead atoms. The van der Waals surface area contributed by atoms with Crippen LogP contribution in [0.4, 0.5) is 0 Å². The highest BCUT2D eigenvalue weighted by Gasteiger charge is 2.40. The molecule has 0 heterocycles. The van der Waals surface area contributed by atoms with E-state index in [9.17, 15) is 27.2 Å². The molecule has 0 N–H and O–H groups in total. The average Bonchev–Trinajstić information content (AvgIpc) is 2.67. The van der Waals surface area contributed by atoms with Gasteiger partial charge in [0.2, 0.25) is 0 Å². The van der Waals surface area contributed by atoms with Crippen molar-refractivity contribution in [2.24, 2.45) is 0 Å². The van der Waals surface area contributed by atoms with Crippen molar-refractivity contribution < 1.29 is 30.6 Å². The second-order valence-corrected chi connectivity index (χ2v) is 9.77. The van der Waals surface area contributed by atoms with Gasteiger partial charge >= 0.3 is 15.2 Å². The largest absolute Gasteiger partial charge is 0.457 e. The van der Waals surface area contributed by atoms with Crippen LogP contribution in [0.3, 0.4) is 0 Å². The Kier molecular flexibility index (Phi) is 7.07. The first-order valence-corrected chi connectivity index (χ1v) is 11.8. The number of benzene rings is 2. The van der Waals surface area contributed by atoms with Crippen LogP contribution < -0.4 is 4.18 Å². The van der Waals surface area contributed by atoms with E-state index in [1.54, 1.807) is 26.0 Å². The Balaban J connectivity index is 2.48. The smallest absolute Gasteiger partial charge is 0.381 e.